The number of nitrogens with one attached hydrogen (secondary N) is 1. The van der Waals surface area contributed by atoms with Crippen molar-refractivity contribution < 1.29 is 4.79 Å². The molecule has 2 fully saturated rings. The lowest BCUT2D eigenvalue weighted by atomic mass is 9.90. The van der Waals surface area contributed by atoms with Crippen LogP contribution in [0.25, 0.3) is 0 Å². The second-order valence-corrected chi connectivity index (χ2v) is 6.41. The van der Waals surface area contributed by atoms with Crippen LogP contribution in [0.5, 0.6) is 0 Å². The molecule has 0 spiro atoms. The monoisotopic (exact) mass is 252 g/mol. The topological polar surface area (TPSA) is 55.1 Å². The maximum absolute atomic E-state index is 12.1. The Morgan fingerprint density at radius 3 is 2.39 bits per heavy atom. The van der Waals surface area contributed by atoms with E-state index in [4.69, 9.17) is 5.73 Å². The molecule has 2 saturated carbocycles. The van der Waals surface area contributed by atoms with Crippen molar-refractivity contribution in [2.75, 3.05) is 0 Å². The molecule has 3 N–H and O–H groups in total. The zero-order valence-electron chi connectivity index (χ0n) is 11.7. The summed E-state index contributed by atoms with van der Waals surface area (Å²) in [5.74, 6) is 1.25. The van der Waals surface area contributed by atoms with Crippen LogP contribution in [-0.4, -0.2) is 18.0 Å². The van der Waals surface area contributed by atoms with E-state index in [9.17, 15) is 4.79 Å². The number of carbonyl (C=O) groups is 1. The van der Waals surface area contributed by atoms with E-state index in [0.29, 0.717) is 12.1 Å². The van der Waals surface area contributed by atoms with Crippen molar-refractivity contribution >= 4 is 5.91 Å². The van der Waals surface area contributed by atoms with Crippen molar-refractivity contribution in [3.8, 4) is 0 Å². The third kappa shape index (κ3) is 3.98. The zero-order chi connectivity index (χ0) is 13.0. The van der Waals surface area contributed by atoms with Gasteiger partial charge < -0.3 is 11.1 Å². The van der Waals surface area contributed by atoms with Gasteiger partial charge in [0, 0.05) is 18.0 Å². The maximum atomic E-state index is 12.1. The summed E-state index contributed by atoms with van der Waals surface area (Å²) >= 11 is 0. The Bertz CT molecular complexity index is 266. The molecule has 0 bridgehead atoms. The highest BCUT2D eigenvalue weighted by atomic mass is 16.1. The fourth-order valence-corrected chi connectivity index (χ4v) is 3.46. The minimum absolute atomic E-state index is 0.184. The van der Waals surface area contributed by atoms with Crippen LogP contribution in [0.3, 0.4) is 0 Å². The number of amides is 1. The van der Waals surface area contributed by atoms with Gasteiger partial charge in [0.1, 0.15) is 0 Å². The van der Waals surface area contributed by atoms with E-state index in [1.807, 2.05) is 0 Å². The van der Waals surface area contributed by atoms with Crippen molar-refractivity contribution in [3.63, 3.8) is 0 Å². The molecule has 0 saturated heterocycles. The smallest absolute Gasteiger partial charge is 0.223 e. The molecule has 2 rings (SSSR count). The molecule has 0 radical (unpaired) electrons. The van der Waals surface area contributed by atoms with Gasteiger partial charge in [0.25, 0.3) is 0 Å². The van der Waals surface area contributed by atoms with E-state index in [-0.39, 0.29) is 11.8 Å². The minimum Gasteiger partial charge on any atom is -0.353 e. The molecule has 1 amide bonds. The lowest BCUT2D eigenvalue weighted by molar-refractivity contribution is -0.126. The van der Waals surface area contributed by atoms with Gasteiger partial charge in [-0.05, 0) is 38.0 Å². The summed E-state index contributed by atoms with van der Waals surface area (Å²) in [5.41, 5.74) is 5.88. The predicted molar refractivity (Wildman–Crippen MR) is 74.1 cm³/mol. The molecule has 1 unspecified atom stereocenters. The van der Waals surface area contributed by atoms with Crippen molar-refractivity contribution in [1.82, 2.24) is 5.32 Å². The molecule has 18 heavy (non-hydrogen) atoms. The van der Waals surface area contributed by atoms with Crippen LogP contribution in [0.15, 0.2) is 0 Å². The molecule has 0 aromatic heterocycles. The molecule has 3 heteroatoms. The van der Waals surface area contributed by atoms with Crippen molar-refractivity contribution in [2.45, 2.75) is 76.8 Å². The highest BCUT2D eigenvalue weighted by Gasteiger charge is 2.25. The largest absolute Gasteiger partial charge is 0.353 e. The molecule has 2 aliphatic carbocycles. The van der Waals surface area contributed by atoms with Gasteiger partial charge in [0.05, 0.1) is 0 Å². The van der Waals surface area contributed by atoms with Crippen LogP contribution in [0.4, 0.5) is 0 Å². The molecule has 0 heterocycles. The van der Waals surface area contributed by atoms with Gasteiger partial charge in [0.2, 0.25) is 5.91 Å². The highest BCUT2D eigenvalue weighted by Crippen LogP contribution is 2.30. The minimum atomic E-state index is 0.184. The first-order valence-electron chi connectivity index (χ1n) is 7.71. The van der Waals surface area contributed by atoms with Crippen LogP contribution < -0.4 is 11.1 Å². The standard InChI is InChI=1S/C15H28N2O/c1-11(10-12-4-2-3-5-12)15(18)17-14-8-6-13(16)7-9-14/h11-14H,2-10,16H2,1H3,(H,17,18). The maximum Gasteiger partial charge on any atom is 0.223 e. The van der Waals surface area contributed by atoms with Gasteiger partial charge in [0.15, 0.2) is 0 Å². The van der Waals surface area contributed by atoms with E-state index >= 15 is 0 Å². The summed E-state index contributed by atoms with van der Waals surface area (Å²) in [4.78, 5) is 12.1. The van der Waals surface area contributed by atoms with Gasteiger partial charge in [-0.1, -0.05) is 32.6 Å². The molecule has 0 aromatic carbocycles. The fraction of sp³-hybridized carbons (Fsp3) is 0.933. The van der Waals surface area contributed by atoms with E-state index in [2.05, 4.69) is 12.2 Å². The Hall–Kier alpha value is -0.570. The summed E-state index contributed by atoms with van der Waals surface area (Å²) in [7, 11) is 0. The van der Waals surface area contributed by atoms with Gasteiger partial charge >= 0.3 is 0 Å². The second kappa shape index (κ2) is 6.55. The molecular weight excluding hydrogens is 224 g/mol. The fourth-order valence-electron chi connectivity index (χ4n) is 3.46. The first-order chi connectivity index (χ1) is 8.65. The lowest BCUT2D eigenvalue weighted by Crippen LogP contribution is -2.42. The molecule has 3 nitrogen and oxygen atoms in total. The quantitative estimate of drug-likeness (QED) is 0.808. The number of hydrogen-bond donors (Lipinski definition) is 2. The van der Waals surface area contributed by atoms with Gasteiger partial charge in [-0.25, -0.2) is 0 Å². The molecule has 1 atom stereocenters. The van der Waals surface area contributed by atoms with E-state index < -0.39 is 0 Å². The van der Waals surface area contributed by atoms with Crippen LogP contribution in [0, 0.1) is 11.8 Å². The number of rotatable bonds is 4. The Balaban J connectivity index is 1.69. The van der Waals surface area contributed by atoms with Gasteiger partial charge in [-0.3, -0.25) is 4.79 Å². The summed E-state index contributed by atoms with van der Waals surface area (Å²) in [6, 6.07) is 0.734. The van der Waals surface area contributed by atoms with E-state index in [1.54, 1.807) is 0 Å². The summed E-state index contributed by atoms with van der Waals surface area (Å²) < 4.78 is 0. The molecular formula is C15H28N2O. The highest BCUT2D eigenvalue weighted by molar-refractivity contribution is 5.78. The van der Waals surface area contributed by atoms with Gasteiger partial charge in [-0.2, -0.15) is 0 Å². The van der Waals surface area contributed by atoms with Crippen LogP contribution in [0.1, 0.15) is 64.7 Å². The first-order valence-corrected chi connectivity index (χ1v) is 7.71. The number of nitrogens with two attached hydrogens (primary N) is 1. The Labute approximate surface area is 111 Å². The summed E-state index contributed by atoms with van der Waals surface area (Å²) in [5, 5.41) is 3.22. The third-order valence-electron chi connectivity index (χ3n) is 4.73. The Morgan fingerprint density at radius 1 is 1.17 bits per heavy atom. The van der Waals surface area contributed by atoms with Crippen molar-refractivity contribution in [1.29, 1.82) is 0 Å². The van der Waals surface area contributed by atoms with Crippen molar-refractivity contribution in [3.05, 3.63) is 0 Å². The first kappa shape index (κ1) is 13.9. The van der Waals surface area contributed by atoms with Crippen molar-refractivity contribution in [2.24, 2.45) is 17.6 Å². The van der Waals surface area contributed by atoms with E-state index in [1.165, 1.54) is 25.7 Å². The average molecular weight is 252 g/mol. The third-order valence-corrected chi connectivity index (χ3v) is 4.73. The molecule has 0 aromatic rings. The SMILES string of the molecule is CC(CC1CCCC1)C(=O)NC1CCC(N)CC1. The van der Waals surface area contributed by atoms with Crippen LogP contribution in [0.2, 0.25) is 0 Å². The molecule has 104 valence electrons. The van der Waals surface area contributed by atoms with Crippen LogP contribution in [-0.2, 0) is 4.79 Å². The average Bonchev–Trinajstić information content (AvgIpc) is 2.85. The van der Waals surface area contributed by atoms with Crippen LogP contribution >= 0.6 is 0 Å². The number of hydrogen-bond acceptors (Lipinski definition) is 2. The lowest BCUT2D eigenvalue weighted by Gasteiger charge is -2.28. The normalized spacial score (nSPS) is 31.2. The summed E-state index contributed by atoms with van der Waals surface area (Å²) in [6.45, 7) is 2.09. The molecule has 0 aliphatic heterocycles. The van der Waals surface area contributed by atoms with E-state index in [0.717, 1.165) is 38.0 Å². The number of carbonyl (C=O) groups excluding carboxylic acids is 1. The molecule has 2 aliphatic rings. The summed E-state index contributed by atoms with van der Waals surface area (Å²) in [6.07, 6.45) is 10.7. The predicted octanol–water partition coefficient (Wildman–Crippen LogP) is 2.59. The Kier molecular flexibility index (Phi) is 5.04. The zero-order valence-corrected chi connectivity index (χ0v) is 11.7. The second-order valence-electron chi connectivity index (χ2n) is 6.41. The van der Waals surface area contributed by atoms with Gasteiger partial charge in [-0.15, -0.1) is 0 Å². The Morgan fingerprint density at radius 2 is 1.78 bits per heavy atom.